The molecule has 8 heteroatoms. The Morgan fingerprint density at radius 2 is 1.96 bits per heavy atom. The molecule has 2 atom stereocenters. The van der Waals surface area contributed by atoms with E-state index in [2.05, 4.69) is 10.3 Å². The molecule has 0 bridgehead atoms. The van der Waals surface area contributed by atoms with Gasteiger partial charge in [0.25, 0.3) is 0 Å². The van der Waals surface area contributed by atoms with Crippen LogP contribution in [0.25, 0.3) is 5.69 Å². The zero-order chi connectivity index (χ0) is 19.4. The minimum absolute atomic E-state index is 0.354. The van der Waals surface area contributed by atoms with Crippen molar-refractivity contribution in [1.29, 1.82) is 0 Å². The molecule has 1 aromatic carbocycles. The van der Waals surface area contributed by atoms with Crippen LogP contribution in [0, 0.1) is 13.8 Å². The molecule has 1 amide bonds. The summed E-state index contributed by atoms with van der Waals surface area (Å²) in [5, 5.41) is 1.76. The Hall–Kier alpha value is -2.19. The molecule has 2 aliphatic rings. The van der Waals surface area contributed by atoms with Crippen LogP contribution in [0.2, 0.25) is 0 Å². The maximum Gasteiger partial charge on any atom is 0.244 e. The molecule has 4 rings (SSSR count). The summed E-state index contributed by atoms with van der Waals surface area (Å²) in [6.07, 6.45) is 3.79. The lowest BCUT2D eigenvalue weighted by Gasteiger charge is -2.24. The molecule has 7 nitrogen and oxygen atoms in total. The van der Waals surface area contributed by atoms with Crippen LogP contribution in [-0.4, -0.2) is 45.5 Å². The molecule has 0 radical (unpaired) electrons. The SMILES string of the molecule is Cc1ncn(-c2ccc(NC(=O)C3CC4(C)CCCN4S3(=O)=O)cc2)c1C. The number of amides is 1. The summed E-state index contributed by atoms with van der Waals surface area (Å²) in [6, 6.07) is 7.33. The molecule has 1 N–H and O–H groups in total. The lowest BCUT2D eigenvalue weighted by molar-refractivity contribution is -0.116. The lowest BCUT2D eigenvalue weighted by atomic mass is 9.94. The Kier molecular flexibility index (Phi) is 4.16. The van der Waals surface area contributed by atoms with Gasteiger partial charge in [0.05, 0.1) is 12.0 Å². The minimum Gasteiger partial charge on any atom is -0.325 e. The molecule has 0 saturated carbocycles. The molecule has 2 unspecified atom stereocenters. The number of imidazole rings is 1. The summed E-state index contributed by atoms with van der Waals surface area (Å²) in [4.78, 5) is 17.0. The van der Waals surface area contributed by atoms with E-state index < -0.39 is 26.7 Å². The van der Waals surface area contributed by atoms with Gasteiger partial charge in [-0.3, -0.25) is 4.79 Å². The summed E-state index contributed by atoms with van der Waals surface area (Å²) < 4.78 is 29.0. The predicted octanol–water partition coefficient (Wildman–Crippen LogP) is 2.38. The second-order valence-electron chi connectivity index (χ2n) is 7.73. The van der Waals surface area contributed by atoms with Crippen molar-refractivity contribution in [3.63, 3.8) is 0 Å². The van der Waals surface area contributed by atoms with Crippen molar-refractivity contribution < 1.29 is 13.2 Å². The molecule has 27 heavy (non-hydrogen) atoms. The molecule has 2 aromatic rings. The van der Waals surface area contributed by atoms with E-state index in [1.807, 2.05) is 37.5 Å². The molecule has 3 heterocycles. The summed E-state index contributed by atoms with van der Waals surface area (Å²) >= 11 is 0. The summed E-state index contributed by atoms with van der Waals surface area (Å²) in [5.74, 6) is -0.451. The van der Waals surface area contributed by atoms with Crippen LogP contribution < -0.4 is 5.32 Å². The molecular weight excluding hydrogens is 364 g/mol. The van der Waals surface area contributed by atoms with Crippen LogP contribution in [0.1, 0.15) is 37.6 Å². The Balaban J connectivity index is 1.51. The maximum atomic E-state index is 12.7. The average molecular weight is 388 g/mol. The van der Waals surface area contributed by atoms with E-state index in [1.54, 1.807) is 18.5 Å². The fourth-order valence-corrected chi connectivity index (χ4v) is 6.58. The van der Waals surface area contributed by atoms with Gasteiger partial charge in [0.1, 0.15) is 0 Å². The van der Waals surface area contributed by atoms with Gasteiger partial charge in [-0.2, -0.15) is 4.31 Å². The number of nitrogens with zero attached hydrogens (tertiary/aromatic N) is 3. The third kappa shape index (κ3) is 2.87. The molecular formula is C19H24N4O3S. The monoisotopic (exact) mass is 388 g/mol. The molecule has 1 aromatic heterocycles. The minimum atomic E-state index is -3.59. The van der Waals surface area contributed by atoms with Crippen LogP contribution in [0.15, 0.2) is 30.6 Å². The number of benzene rings is 1. The highest BCUT2D eigenvalue weighted by Gasteiger charge is 2.57. The highest BCUT2D eigenvalue weighted by atomic mass is 32.2. The van der Waals surface area contributed by atoms with Gasteiger partial charge in [0, 0.05) is 29.2 Å². The van der Waals surface area contributed by atoms with Crippen molar-refractivity contribution in [1.82, 2.24) is 13.9 Å². The second-order valence-corrected chi connectivity index (χ2v) is 9.77. The Bertz CT molecular complexity index is 996. The Labute approximate surface area is 159 Å². The molecule has 0 spiro atoms. The zero-order valence-electron chi connectivity index (χ0n) is 15.8. The number of carbonyl (C=O) groups excluding carboxylic acids is 1. The third-order valence-electron chi connectivity index (χ3n) is 5.93. The molecule has 2 fully saturated rings. The number of aryl methyl sites for hydroxylation is 1. The number of carbonyl (C=O) groups is 1. The van der Waals surface area contributed by atoms with Gasteiger partial charge < -0.3 is 9.88 Å². The molecule has 144 valence electrons. The predicted molar refractivity (Wildman–Crippen MR) is 103 cm³/mol. The third-order valence-corrected chi connectivity index (χ3v) is 8.27. The first-order valence-electron chi connectivity index (χ1n) is 9.16. The number of sulfonamides is 1. The van der Waals surface area contributed by atoms with Crippen LogP contribution in [0.4, 0.5) is 5.69 Å². The van der Waals surface area contributed by atoms with E-state index >= 15 is 0 Å². The van der Waals surface area contributed by atoms with Crippen LogP contribution in [0.3, 0.4) is 0 Å². The van der Waals surface area contributed by atoms with Crippen LogP contribution in [0.5, 0.6) is 0 Å². The molecule has 2 saturated heterocycles. The summed E-state index contributed by atoms with van der Waals surface area (Å²) in [5.41, 5.74) is 3.13. The van der Waals surface area contributed by atoms with Crippen molar-refractivity contribution >= 4 is 21.6 Å². The van der Waals surface area contributed by atoms with Gasteiger partial charge in [-0.1, -0.05) is 0 Å². The normalized spacial score (nSPS) is 26.9. The Morgan fingerprint density at radius 1 is 1.26 bits per heavy atom. The fourth-order valence-electron chi connectivity index (χ4n) is 4.21. The van der Waals surface area contributed by atoms with Crippen molar-refractivity contribution in [3.05, 3.63) is 42.0 Å². The van der Waals surface area contributed by atoms with Crippen molar-refractivity contribution in [3.8, 4) is 5.69 Å². The summed E-state index contributed by atoms with van der Waals surface area (Å²) in [7, 11) is -3.59. The second kappa shape index (κ2) is 6.17. The maximum absolute atomic E-state index is 12.7. The number of hydrogen-bond acceptors (Lipinski definition) is 4. The van der Waals surface area contributed by atoms with Crippen LogP contribution in [-0.2, 0) is 14.8 Å². The highest BCUT2D eigenvalue weighted by Crippen LogP contribution is 2.44. The van der Waals surface area contributed by atoms with Crippen LogP contribution >= 0.6 is 0 Å². The Morgan fingerprint density at radius 3 is 2.56 bits per heavy atom. The number of anilines is 1. The highest BCUT2D eigenvalue weighted by molar-refractivity contribution is 7.90. The smallest absolute Gasteiger partial charge is 0.244 e. The largest absolute Gasteiger partial charge is 0.325 e. The molecule has 2 aliphatic heterocycles. The topological polar surface area (TPSA) is 84.3 Å². The molecule has 0 aliphatic carbocycles. The van der Waals surface area contributed by atoms with Gasteiger partial charge in [-0.25, -0.2) is 13.4 Å². The number of hydrogen-bond donors (Lipinski definition) is 1. The lowest BCUT2D eigenvalue weighted by Crippen LogP contribution is -2.39. The van der Waals surface area contributed by atoms with E-state index in [4.69, 9.17) is 0 Å². The standard InChI is InChI=1S/C19H24N4O3S/c1-13-14(2)22(12-20-13)16-7-5-15(6-8-16)21-18(24)17-11-19(3)9-4-10-23(19)27(17,25)26/h5-8,12,17H,4,9-11H2,1-3H3,(H,21,24). The number of aromatic nitrogens is 2. The van der Waals surface area contributed by atoms with Gasteiger partial charge in [-0.05, 0) is 64.3 Å². The van der Waals surface area contributed by atoms with Crippen molar-refractivity contribution in [2.75, 3.05) is 11.9 Å². The number of rotatable bonds is 3. The van der Waals surface area contributed by atoms with E-state index in [-0.39, 0.29) is 0 Å². The van der Waals surface area contributed by atoms with E-state index in [1.165, 1.54) is 4.31 Å². The zero-order valence-corrected chi connectivity index (χ0v) is 16.6. The van der Waals surface area contributed by atoms with Gasteiger partial charge in [0.2, 0.25) is 15.9 Å². The van der Waals surface area contributed by atoms with Gasteiger partial charge in [0.15, 0.2) is 5.25 Å². The van der Waals surface area contributed by atoms with Gasteiger partial charge >= 0.3 is 0 Å². The first kappa shape index (κ1) is 18.2. The van der Waals surface area contributed by atoms with E-state index in [0.717, 1.165) is 29.9 Å². The van der Waals surface area contributed by atoms with E-state index in [9.17, 15) is 13.2 Å². The van der Waals surface area contributed by atoms with Crippen molar-refractivity contribution in [2.45, 2.75) is 50.8 Å². The fraction of sp³-hybridized carbons (Fsp3) is 0.474. The first-order chi connectivity index (χ1) is 12.7. The van der Waals surface area contributed by atoms with Crippen molar-refractivity contribution in [2.24, 2.45) is 0 Å². The number of nitrogens with one attached hydrogen (secondary N) is 1. The van der Waals surface area contributed by atoms with Gasteiger partial charge in [-0.15, -0.1) is 0 Å². The van der Waals surface area contributed by atoms with E-state index in [0.29, 0.717) is 18.7 Å². The number of fused-ring (bicyclic) bond motifs is 1. The first-order valence-corrected chi connectivity index (χ1v) is 10.7. The average Bonchev–Trinajstić information content (AvgIpc) is 3.22. The summed E-state index contributed by atoms with van der Waals surface area (Å²) in [6.45, 7) is 6.40. The quantitative estimate of drug-likeness (QED) is 0.875.